The molecule has 4 atom stereocenters. The van der Waals surface area contributed by atoms with Crippen molar-refractivity contribution in [1.82, 2.24) is 25.3 Å². The number of carbonyl (C=O) groups is 6. The van der Waals surface area contributed by atoms with Gasteiger partial charge < -0.3 is 34.9 Å². The number of nitrogens with zero attached hydrogens (tertiary/aromatic N) is 3. The van der Waals surface area contributed by atoms with Crippen LogP contribution in [0, 0.1) is 11.8 Å². The molecule has 1 aliphatic heterocycles. The summed E-state index contributed by atoms with van der Waals surface area (Å²) in [5.41, 5.74) is -0.621. The summed E-state index contributed by atoms with van der Waals surface area (Å²) in [6, 6.07) is -3.95. The quantitative estimate of drug-likeness (QED) is 0.239. The third kappa shape index (κ3) is 13.0. The van der Waals surface area contributed by atoms with Crippen LogP contribution in [0.1, 0.15) is 87.0 Å². The van der Waals surface area contributed by atoms with Crippen molar-refractivity contribution in [2.45, 2.75) is 117 Å². The Bertz CT molecular complexity index is 943. The van der Waals surface area contributed by atoms with Gasteiger partial charge in [0.15, 0.2) is 0 Å². The number of aldehydes is 1. The fourth-order valence-corrected chi connectivity index (χ4v) is 4.96. The SMILES string of the molecule is CC(C)CC(C(=O)NC(COC(C)(C)C)C(=O)N(C)C(CC(C)C)C(=O)N[C@@H](CC=O)C(=O)N1CCCCC1)N(C)C=O. The lowest BCUT2D eigenvalue weighted by atomic mass is 9.99. The largest absolute Gasteiger partial charge is 0.373 e. The Morgan fingerprint density at radius 3 is 1.84 bits per heavy atom. The lowest BCUT2D eigenvalue weighted by Gasteiger charge is -2.35. The average molecular weight is 610 g/mol. The first-order valence-corrected chi connectivity index (χ1v) is 15.4. The minimum atomic E-state index is -1.14. The summed E-state index contributed by atoms with van der Waals surface area (Å²) in [5, 5.41) is 5.50. The summed E-state index contributed by atoms with van der Waals surface area (Å²) in [5.74, 6) is -1.81. The predicted molar refractivity (Wildman–Crippen MR) is 164 cm³/mol. The molecular weight excluding hydrogens is 554 g/mol. The molecule has 1 aliphatic rings. The highest BCUT2D eigenvalue weighted by Gasteiger charge is 2.37. The van der Waals surface area contributed by atoms with E-state index in [2.05, 4.69) is 10.6 Å². The van der Waals surface area contributed by atoms with Crippen molar-refractivity contribution in [2.24, 2.45) is 11.8 Å². The molecule has 1 saturated heterocycles. The van der Waals surface area contributed by atoms with Crippen molar-refractivity contribution >= 4 is 36.3 Å². The van der Waals surface area contributed by atoms with E-state index in [0.717, 1.165) is 19.3 Å². The molecule has 1 fully saturated rings. The third-order valence-electron chi connectivity index (χ3n) is 7.38. The van der Waals surface area contributed by atoms with Gasteiger partial charge in [0.1, 0.15) is 30.5 Å². The number of likely N-dealkylation sites (tertiary alicyclic amines) is 1. The van der Waals surface area contributed by atoms with Crippen molar-refractivity contribution in [3.63, 3.8) is 0 Å². The van der Waals surface area contributed by atoms with Crippen molar-refractivity contribution < 1.29 is 33.5 Å². The molecule has 12 nitrogen and oxygen atoms in total. The van der Waals surface area contributed by atoms with Crippen LogP contribution in [0.2, 0.25) is 0 Å². The van der Waals surface area contributed by atoms with Crippen LogP contribution in [-0.2, 0) is 33.5 Å². The van der Waals surface area contributed by atoms with Gasteiger partial charge in [0, 0.05) is 33.6 Å². The second-order valence-corrected chi connectivity index (χ2v) is 13.3. The van der Waals surface area contributed by atoms with Crippen molar-refractivity contribution in [3.05, 3.63) is 0 Å². The van der Waals surface area contributed by atoms with Gasteiger partial charge in [-0.2, -0.15) is 0 Å². The normalized spacial score (nSPS) is 16.6. The van der Waals surface area contributed by atoms with E-state index in [-0.39, 0.29) is 37.2 Å². The van der Waals surface area contributed by atoms with Crippen molar-refractivity contribution in [3.8, 4) is 0 Å². The van der Waals surface area contributed by atoms with Gasteiger partial charge in [0.05, 0.1) is 12.2 Å². The summed E-state index contributed by atoms with van der Waals surface area (Å²) < 4.78 is 5.89. The zero-order chi connectivity index (χ0) is 32.9. The molecule has 1 rings (SSSR count). The van der Waals surface area contributed by atoms with Crippen LogP contribution in [0.15, 0.2) is 0 Å². The lowest BCUT2D eigenvalue weighted by Crippen LogP contribution is -2.60. The number of hydrogen-bond donors (Lipinski definition) is 2. The van der Waals surface area contributed by atoms with E-state index in [1.165, 1.54) is 23.9 Å². The third-order valence-corrected chi connectivity index (χ3v) is 7.38. The Balaban J connectivity index is 3.28. The number of hydrogen-bond acceptors (Lipinski definition) is 7. The highest BCUT2D eigenvalue weighted by Crippen LogP contribution is 2.17. The van der Waals surface area contributed by atoms with Crippen LogP contribution in [0.4, 0.5) is 0 Å². The Morgan fingerprint density at radius 2 is 1.35 bits per heavy atom. The van der Waals surface area contributed by atoms with E-state index in [1.54, 1.807) is 4.90 Å². The van der Waals surface area contributed by atoms with E-state index >= 15 is 0 Å². The topological polar surface area (TPSA) is 145 Å². The monoisotopic (exact) mass is 609 g/mol. The smallest absolute Gasteiger partial charge is 0.247 e. The molecule has 246 valence electrons. The summed E-state index contributed by atoms with van der Waals surface area (Å²) >= 11 is 0. The van der Waals surface area contributed by atoms with Gasteiger partial charge in [-0.1, -0.05) is 27.7 Å². The molecular formula is C31H55N5O7. The second kappa shape index (κ2) is 17.9. The maximum atomic E-state index is 13.9. The van der Waals surface area contributed by atoms with E-state index < -0.39 is 47.5 Å². The average Bonchev–Trinajstić information content (AvgIpc) is 2.94. The fourth-order valence-electron chi connectivity index (χ4n) is 4.96. The van der Waals surface area contributed by atoms with Crippen LogP contribution < -0.4 is 10.6 Å². The molecule has 0 aliphatic carbocycles. The maximum absolute atomic E-state index is 13.9. The van der Waals surface area contributed by atoms with Crippen molar-refractivity contribution in [2.75, 3.05) is 33.8 Å². The van der Waals surface area contributed by atoms with Gasteiger partial charge in [0.25, 0.3) is 0 Å². The highest BCUT2D eigenvalue weighted by molar-refractivity contribution is 5.95. The second-order valence-electron chi connectivity index (χ2n) is 13.3. The van der Waals surface area contributed by atoms with E-state index in [4.69, 9.17) is 4.74 Å². The Kier molecular flexibility index (Phi) is 15.9. The highest BCUT2D eigenvalue weighted by atomic mass is 16.5. The first kappa shape index (κ1) is 38.0. The minimum absolute atomic E-state index is 0.00356. The Labute approximate surface area is 257 Å². The minimum Gasteiger partial charge on any atom is -0.373 e. The van der Waals surface area contributed by atoms with Crippen LogP contribution in [0.5, 0.6) is 0 Å². The van der Waals surface area contributed by atoms with Gasteiger partial charge in [0.2, 0.25) is 30.0 Å². The fraction of sp³-hybridized carbons (Fsp3) is 0.806. The summed E-state index contributed by atoms with van der Waals surface area (Å²) in [7, 11) is 2.99. The van der Waals surface area contributed by atoms with Gasteiger partial charge >= 0.3 is 0 Å². The van der Waals surface area contributed by atoms with Gasteiger partial charge in [-0.25, -0.2) is 0 Å². The van der Waals surface area contributed by atoms with Crippen LogP contribution in [-0.4, -0.2) is 115 Å². The molecule has 2 N–H and O–H groups in total. The van der Waals surface area contributed by atoms with Gasteiger partial charge in [-0.05, 0) is 64.7 Å². The summed E-state index contributed by atoms with van der Waals surface area (Å²) in [6.07, 6.45) is 4.44. The summed E-state index contributed by atoms with van der Waals surface area (Å²) in [4.78, 5) is 81.3. The predicted octanol–water partition coefficient (Wildman–Crippen LogP) is 1.75. The van der Waals surface area contributed by atoms with E-state index in [1.807, 2.05) is 48.5 Å². The molecule has 0 aromatic carbocycles. The zero-order valence-corrected chi connectivity index (χ0v) is 27.7. The molecule has 0 radical (unpaired) electrons. The number of carbonyl (C=O) groups excluding carboxylic acids is 6. The Hall–Kier alpha value is -3.02. The number of amides is 5. The molecule has 5 amide bonds. The van der Waals surface area contributed by atoms with Gasteiger partial charge in [-0.3, -0.25) is 24.0 Å². The van der Waals surface area contributed by atoms with E-state index in [0.29, 0.717) is 32.2 Å². The number of nitrogens with one attached hydrogen (secondary N) is 2. The van der Waals surface area contributed by atoms with Crippen LogP contribution in [0.3, 0.4) is 0 Å². The van der Waals surface area contributed by atoms with Crippen molar-refractivity contribution in [1.29, 1.82) is 0 Å². The number of ether oxygens (including phenoxy) is 1. The molecule has 0 bridgehead atoms. The Morgan fingerprint density at radius 1 is 0.837 bits per heavy atom. The molecule has 0 aromatic heterocycles. The summed E-state index contributed by atoms with van der Waals surface area (Å²) in [6.45, 7) is 14.1. The lowest BCUT2D eigenvalue weighted by molar-refractivity contribution is -0.147. The maximum Gasteiger partial charge on any atom is 0.247 e. The number of rotatable bonds is 17. The van der Waals surface area contributed by atoms with Gasteiger partial charge in [-0.15, -0.1) is 0 Å². The number of likely N-dealkylation sites (N-methyl/N-ethyl adjacent to an activating group) is 2. The molecule has 0 spiro atoms. The standard InChI is InChI=1S/C31H55N5O7/c1-21(2)17-25(34(8)20-38)27(39)33-24(19-43-31(5,6)7)29(41)35(9)26(18-22(3)4)28(40)32-23(13-16-37)30(42)36-14-11-10-12-15-36/h16,20-26H,10-15,17-19H2,1-9H3,(H,32,40)(H,33,39)/t23-,24?,25?,26?/m0/s1. The van der Waals surface area contributed by atoms with E-state index in [9.17, 15) is 28.8 Å². The first-order chi connectivity index (χ1) is 20.0. The zero-order valence-electron chi connectivity index (χ0n) is 27.7. The molecule has 0 saturated carbocycles. The molecule has 12 heteroatoms. The molecule has 1 heterocycles. The molecule has 3 unspecified atom stereocenters. The number of piperidine rings is 1. The molecule has 43 heavy (non-hydrogen) atoms. The van der Waals surface area contributed by atoms with Crippen LogP contribution in [0.25, 0.3) is 0 Å². The first-order valence-electron chi connectivity index (χ1n) is 15.4. The van der Waals surface area contributed by atoms with Crippen LogP contribution >= 0.6 is 0 Å². The molecule has 0 aromatic rings.